The van der Waals surface area contributed by atoms with E-state index >= 15 is 0 Å². The Labute approximate surface area is 219 Å². The van der Waals surface area contributed by atoms with E-state index in [-0.39, 0.29) is 23.9 Å². The molecule has 5 rings (SSSR count). The van der Waals surface area contributed by atoms with Crippen molar-refractivity contribution in [1.29, 1.82) is 0 Å². The fourth-order valence-corrected chi connectivity index (χ4v) is 5.52. The molecule has 6 nitrogen and oxygen atoms in total. The van der Waals surface area contributed by atoms with Crippen molar-refractivity contribution in [3.8, 4) is 0 Å². The van der Waals surface area contributed by atoms with Crippen LogP contribution in [0.25, 0.3) is 32.0 Å². The van der Waals surface area contributed by atoms with Crippen molar-refractivity contribution in [2.45, 2.75) is 20.3 Å². The molecular weight excluding hydrogens is 494 g/mol. The Morgan fingerprint density at radius 1 is 1.00 bits per heavy atom. The Hall–Kier alpha value is -3.26. The Kier molecular flexibility index (Phi) is 7.45. The van der Waals surface area contributed by atoms with E-state index in [4.69, 9.17) is 9.40 Å². The summed E-state index contributed by atoms with van der Waals surface area (Å²) in [6, 6.07) is 17.4. The molecule has 36 heavy (non-hydrogen) atoms. The maximum Gasteiger partial charge on any atom is 0.349 e. The zero-order valence-electron chi connectivity index (χ0n) is 20.7. The molecule has 0 saturated heterocycles. The molecule has 0 atom stereocenters. The zero-order chi connectivity index (χ0) is 24.7. The quantitative estimate of drug-likeness (QED) is 0.197. The highest BCUT2D eigenvalue weighted by Crippen LogP contribution is 2.33. The number of hydrogen-bond acceptors (Lipinski definition) is 6. The first-order valence-corrected chi connectivity index (χ1v) is 12.4. The fraction of sp³-hybridized carbons (Fsp3) is 0.250. The number of nitrogens with zero attached hydrogens (tertiary/aromatic N) is 3. The van der Waals surface area contributed by atoms with Crippen LogP contribution in [0, 0.1) is 13.8 Å². The summed E-state index contributed by atoms with van der Waals surface area (Å²) in [4.78, 5) is 35.3. The summed E-state index contributed by atoms with van der Waals surface area (Å²) >= 11 is 1.48. The molecule has 0 aliphatic carbocycles. The van der Waals surface area contributed by atoms with Crippen molar-refractivity contribution >= 4 is 66.7 Å². The number of thiazole rings is 1. The number of anilines is 1. The molecule has 0 spiro atoms. The topological polar surface area (TPSA) is 66.7 Å². The SMILES string of the molecule is Cc1cc(C)c2sc(N(CCCN(C)C)C(=O)c3cc4c(ccc5ccccc54)oc3=O)nc2c1.Cl. The van der Waals surface area contributed by atoms with Gasteiger partial charge in [0.1, 0.15) is 11.1 Å². The number of aromatic nitrogens is 1. The summed E-state index contributed by atoms with van der Waals surface area (Å²) in [7, 11) is 4.00. The lowest BCUT2D eigenvalue weighted by Gasteiger charge is -2.20. The molecule has 0 unspecified atom stereocenters. The molecule has 0 aliphatic heterocycles. The van der Waals surface area contributed by atoms with E-state index in [0.717, 1.165) is 50.5 Å². The minimum atomic E-state index is -0.636. The molecule has 8 heteroatoms. The van der Waals surface area contributed by atoms with E-state index in [1.807, 2.05) is 57.4 Å². The maximum absolute atomic E-state index is 13.9. The van der Waals surface area contributed by atoms with Crippen molar-refractivity contribution < 1.29 is 9.21 Å². The maximum atomic E-state index is 13.9. The molecule has 0 radical (unpaired) electrons. The predicted octanol–water partition coefficient (Wildman–Crippen LogP) is 6.19. The van der Waals surface area contributed by atoms with Gasteiger partial charge in [0.05, 0.1) is 10.2 Å². The van der Waals surface area contributed by atoms with Crippen LogP contribution in [0.1, 0.15) is 27.9 Å². The first-order chi connectivity index (χ1) is 16.8. The van der Waals surface area contributed by atoms with Gasteiger partial charge in [0.15, 0.2) is 5.13 Å². The van der Waals surface area contributed by atoms with Gasteiger partial charge in [-0.05, 0) is 81.0 Å². The van der Waals surface area contributed by atoms with Gasteiger partial charge in [0, 0.05) is 11.9 Å². The lowest BCUT2D eigenvalue weighted by atomic mass is 10.0. The molecule has 2 heterocycles. The highest BCUT2D eigenvalue weighted by molar-refractivity contribution is 7.22. The normalized spacial score (nSPS) is 11.4. The summed E-state index contributed by atoms with van der Waals surface area (Å²) in [5.41, 5.74) is 2.97. The number of fused-ring (bicyclic) bond motifs is 4. The molecule has 1 amide bonds. The van der Waals surface area contributed by atoms with Crippen LogP contribution in [0.2, 0.25) is 0 Å². The molecule has 186 valence electrons. The van der Waals surface area contributed by atoms with E-state index in [9.17, 15) is 9.59 Å². The third kappa shape index (κ3) is 4.87. The zero-order valence-corrected chi connectivity index (χ0v) is 22.3. The van der Waals surface area contributed by atoms with Gasteiger partial charge in [0.2, 0.25) is 0 Å². The Bertz CT molecular complexity index is 1640. The molecule has 0 bridgehead atoms. The van der Waals surface area contributed by atoms with Crippen molar-refractivity contribution in [3.05, 3.63) is 81.7 Å². The van der Waals surface area contributed by atoms with E-state index in [0.29, 0.717) is 17.3 Å². The Morgan fingerprint density at radius 3 is 2.56 bits per heavy atom. The van der Waals surface area contributed by atoms with Crippen molar-refractivity contribution in [2.75, 3.05) is 32.1 Å². The van der Waals surface area contributed by atoms with E-state index in [1.165, 1.54) is 11.3 Å². The number of benzene rings is 3. The summed E-state index contributed by atoms with van der Waals surface area (Å²) < 4.78 is 6.66. The van der Waals surface area contributed by atoms with Gasteiger partial charge >= 0.3 is 5.63 Å². The average Bonchev–Trinajstić information content (AvgIpc) is 3.24. The second kappa shape index (κ2) is 10.4. The van der Waals surface area contributed by atoms with Crippen LogP contribution in [0.15, 0.2) is 63.8 Å². The van der Waals surface area contributed by atoms with Crippen LogP contribution < -0.4 is 10.5 Å². The van der Waals surface area contributed by atoms with Gasteiger partial charge in [-0.3, -0.25) is 9.69 Å². The first kappa shape index (κ1) is 25.8. The van der Waals surface area contributed by atoms with Gasteiger partial charge in [-0.15, -0.1) is 12.4 Å². The van der Waals surface area contributed by atoms with Gasteiger partial charge in [-0.1, -0.05) is 47.7 Å². The van der Waals surface area contributed by atoms with Crippen molar-refractivity contribution in [3.63, 3.8) is 0 Å². The van der Waals surface area contributed by atoms with Crippen LogP contribution in [-0.4, -0.2) is 43.0 Å². The monoisotopic (exact) mass is 521 g/mol. The summed E-state index contributed by atoms with van der Waals surface area (Å²) in [5, 5.41) is 3.30. The Morgan fingerprint density at radius 2 is 1.78 bits per heavy atom. The highest BCUT2D eigenvalue weighted by Gasteiger charge is 2.25. The molecule has 5 aromatic rings. The van der Waals surface area contributed by atoms with E-state index in [1.54, 1.807) is 17.0 Å². The molecule has 0 saturated carbocycles. The largest absolute Gasteiger partial charge is 0.422 e. The lowest BCUT2D eigenvalue weighted by Crippen LogP contribution is -2.36. The second-order valence-corrected chi connectivity index (χ2v) is 10.2. The number of amides is 1. The molecule has 0 fully saturated rings. The number of aryl methyl sites for hydroxylation is 2. The Balaban J connectivity index is 0.00000304. The number of hydrogen-bond donors (Lipinski definition) is 0. The third-order valence-corrected chi connectivity index (χ3v) is 7.37. The van der Waals surface area contributed by atoms with E-state index in [2.05, 4.69) is 17.9 Å². The molecule has 0 aliphatic rings. The molecular formula is C28H28ClN3O3S. The number of carbonyl (C=O) groups excluding carboxylic acids is 1. The minimum absolute atomic E-state index is 0. The minimum Gasteiger partial charge on any atom is -0.422 e. The van der Waals surface area contributed by atoms with Crippen LogP contribution in [0.4, 0.5) is 5.13 Å². The number of rotatable bonds is 6. The van der Waals surface area contributed by atoms with Gasteiger partial charge in [0.25, 0.3) is 5.91 Å². The molecule has 3 aromatic carbocycles. The standard InChI is InChI=1S/C28H27N3O3S.ClH/c1-17-14-18(2)25-23(15-17)29-28(35-25)31(13-7-12-30(3)4)26(32)22-16-21-20-9-6-5-8-19(20)10-11-24(21)34-27(22)33;/h5-6,8-11,14-16H,7,12-13H2,1-4H3;1H. The van der Waals surface area contributed by atoms with Crippen LogP contribution in [0.3, 0.4) is 0 Å². The van der Waals surface area contributed by atoms with Gasteiger partial charge in [-0.25, -0.2) is 9.78 Å². The number of carbonyl (C=O) groups is 1. The van der Waals surface area contributed by atoms with Crippen LogP contribution >= 0.6 is 23.7 Å². The lowest BCUT2D eigenvalue weighted by molar-refractivity contribution is 0.0982. The second-order valence-electron chi connectivity index (χ2n) is 9.19. The van der Waals surface area contributed by atoms with Crippen LogP contribution in [-0.2, 0) is 0 Å². The summed E-state index contributed by atoms with van der Waals surface area (Å²) in [5.74, 6) is -0.388. The van der Waals surface area contributed by atoms with Gasteiger partial charge in [-0.2, -0.15) is 0 Å². The smallest absolute Gasteiger partial charge is 0.349 e. The predicted molar refractivity (Wildman–Crippen MR) is 151 cm³/mol. The van der Waals surface area contributed by atoms with Crippen molar-refractivity contribution in [2.24, 2.45) is 0 Å². The highest BCUT2D eigenvalue weighted by atomic mass is 35.5. The summed E-state index contributed by atoms with van der Waals surface area (Å²) in [6.07, 6.45) is 0.745. The molecule has 2 aromatic heterocycles. The fourth-order valence-electron chi connectivity index (χ4n) is 4.48. The summed E-state index contributed by atoms with van der Waals surface area (Å²) in [6.45, 7) is 5.35. The van der Waals surface area contributed by atoms with E-state index < -0.39 is 5.63 Å². The number of halogens is 1. The molecule has 0 N–H and O–H groups in total. The third-order valence-electron chi connectivity index (χ3n) is 6.14. The average molecular weight is 522 g/mol. The van der Waals surface area contributed by atoms with Crippen molar-refractivity contribution in [1.82, 2.24) is 9.88 Å². The first-order valence-electron chi connectivity index (χ1n) is 11.6. The van der Waals surface area contributed by atoms with Crippen LogP contribution in [0.5, 0.6) is 0 Å². The van der Waals surface area contributed by atoms with Gasteiger partial charge < -0.3 is 9.32 Å².